The van der Waals surface area contributed by atoms with Gasteiger partial charge in [0.2, 0.25) is 0 Å². The quantitative estimate of drug-likeness (QED) is 0.815. The molecule has 0 aliphatic rings. The second-order valence-corrected chi connectivity index (χ2v) is 4.58. The van der Waals surface area contributed by atoms with E-state index in [2.05, 4.69) is 45.1 Å². The Bertz CT molecular complexity index is 334. The van der Waals surface area contributed by atoms with Gasteiger partial charge in [0.15, 0.2) is 0 Å². The standard InChI is InChI=1S/C14H23NO/c1-6-13(10(2)3)15-14-8-7-12(16-5)9-11(14)4/h7-10,13,15H,6H2,1-5H3. The molecule has 0 saturated carbocycles. The number of rotatable bonds is 5. The molecule has 0 radical (unpaired) electrons. The molecule has 2 heteroatoms. The van der Waals surface area contributed by atoms with E-state index in [1.54, 1.807) is 7.11 Å². The second kappa shape index (κ2) is 5.78. The summed E-state index contributed by atoms with van der Waals surface area (Å²) in [5.41, 5.74) is 2.44. The van der Waals surface area contributed by atoms with Gasteiger partial charge in [-0.15, -0.1) is 0 Å². The van der Waals surface area contributed by atoms with Crippen molar-refractivity contribution in [2.75, 3.05) is 12.4 Å². The Hall–Kier alpha value is -1.18. The van der Waals surface area contributed by atoms with Gasteiger partial charge in [-0.1, -0.05) is 20.8 Å². The first-order valence-corrected chi connectivity index (χ1v) is 5.99. The largest absolute Gasteiger partial charge is 0.497 e. The predicted octanol–water partition coefficient (Wildman–Crippen LogP) is 3.85. The topological polar surface area (TPSA) is 21.3 Å². The predicted molar refractivity (Wildman–Crippen MR) is 70.3 cm³/mol. The molecule has 16 heavy (non-hydrogen) atoms. The van der Waals surface area contributed by atoms with Gasteiger partial charge in [-0.3, -0.25) is 0 Å². The van der Waals surface area contributed by atoms with Crippen molar-refractivity contribution in [3.63, 3.8) is 0 Å². The summed E-state index contributed by atoms with van der Waals surface area (Å²) in [6.07, 6.45) is 1.14. The van der Waals surface area contributed by atoms with Gasteiger partial charge in [0, 0.05) is 11.7 Å². The van der Waals surface area contributed by atoms with Gasteiger partial charge in [-0.05, 0) is 43.0 Å². The van der Waals surface area contributed by atoms with E-state index in [0.717, 1.165) is 12.2 Å². The van der Waals surface area contributed by atoms with Gasteiger partial charge >= 0.3 is 0 Å². The molecule has 0 fully saturated rings. The number of methoxy groups -OCH3 is 1. The van der Waals surface area contributed by atoms with Crippen LogP contribution in [0.1, 0.15) is 32.8 Å². The van der Waals surface area contributed by atoms with Crippen LogP contribution in [0.2, 0.25) is 0 Å². The van der Waals surface area contributed by atoms with Crippen LogP contribution in [0.5, 0.6) is 5.75 Å². The molecule has 0 aliphatic carbocycles. The first-order valence-electron chi connectivity index (χ1n) is 5.99. The lowest BCUT2D eigenvalue weighted by molar-refractivity contribution is 0.414. The Balaban J connectivity index is 2.80. The lowest BCUT2D eigenvalue weighted by atomic mass is 10.0. The third kappa shape index (κ3) is 3.16. The van der Waals surface area contributed by atoms with Crippen LogP contribution < -0.4 is 10.1 Å². The number of hydrogen-bond acceptors (Lipinski definition) is 2. The molecule has 0 bridgehead atoms. The highest BCUT2D eigenvalue weighted by molar-refractivity contribution is 5.54. The molecule has 1 rings (SSSR count). The zero-order valence-corrected chi connectivity index (χ0v) is 11.0. The van der Waals surface area contributed by atoms with Crippen LogP contribution in [0, 0.1) is 12.8 Å². The summed E-state index contributed by atoms with van der Waals surface area (Å²) in [7, 11) is 1.70. The smallest absolute Gasteiger partial charge is 0.119 e. The van der Waals surface area contributed by atoms with Crippen LogP contribution in [0.15, 0.2) is 18.2 Å². The summed E-state index contributed by atoms with van der Waals surface area (Å²) in [6, 6.07) is 6.70. The first kappa shape index (κ1) is 12.9. The Morgan fingerprint density at radius 2 is 2.00 bits per heavy atom. The molecule has 1 aromatic carbocycles. The molecule has 0 heterocycles. The van der Waals surface area contributed by atoms with Crippen LogP contribution >= 0.6 is 0 Å². The zero-order chi connectivity index (χ0) is 12.1. The van der Waals surface area contributed by atoms with E-state index >= 15 is 0 Å². The molecule has 1 atom stereocenters. The van der Waals surface area contributed by atoms with Crippen LogP contribution in [0.3, 0.4) is 0 Å². The Kier molecular flexibility index (Phi) is 4.66. The van der Waals surface area contributed by atoms with Gasteiger partial charge in [0.25, 0.3) is 0 Å². The fourth-order valence-corrected chi connectivity index (χ4v) is 1.86. The highest BCUT2D eigenvalue weighted by atomic mass is 16.5. The summed E-state index contributed by atoms with van der Waals surface area (Å²) in [5, 5.41) is 3.59. The molecule has 1 aromatic rings. The van der Waals surface area contributed by atoms with Gasteiger partial charge in [0.05, 0.1) is 7.11 Å². The normalized spacial score (nSPS) is 12.6. The van der Waals surface area contributed by atoms with Crippen LogP contribution in [-0.4, -0.2) is 13.2 Å². The fourth-order valence-electron chi connectivity index (χ4n) is 1.86. The molecule has 0 saturated heterocycles. The minimum absolute atomic E-state index is 0.534. The van der Waals surface area contributed by atoms with Crippen molar-refractivity contribution in [1.29, 1.82) is 0 Å². The number of nitrogens with one attached hydrogen (secondary N) is 1. The number of hydrogen-bond donors (Lipinski definition) is 1. The van der Waals surface area contributed by atoms with Crippen molar-refractivity contribution < 1.29 is 4.74 Å². The Morgan fingerprint density at radius 1 is 1.31 bits per heavy atom. The molecule has 0 aromatic heterocycles. The first-order chi connectivity index (χ1) is 7.58. The average molecular weight is 221 g/mol. The maximum atomic E-state index is 5.20. The highest BCUT2D eigenvalue weighted by Gasteiger charge is 2.11. The van der Waals surface area contributed by atoms with E-state index < -0.39 is 0 Å². The molecular formula is C14H23NO. The Morgan fingerprint density at radius 3 is 2.44 bits per heavy atom. The maximum Gasteiger partial charge on any atom is 0.119 e. The monoisotopic (exact) mass is 221 g/mol. The SMILES string of the molecule is CCC(Nc1ccc(OC)cc1C)C(C)C. The number of anilines is 1. The molecule has 0 spiro atoms. The number of benzene rings is 1. The van der Waals surface area contributed by atoms with Gasteiger partial charge in [-0.2, -0.15) is 0 Å². The molecule has 1 N–H and O–H groups in total. The van der Waals surface area contributed by atoms with Crippen molar-refractivity contribution in [2.24, 2.45) is 5.92 Å². The third-order valence-corrected chi connectivity index (χ3v) is 3.02. The van der Waals surface area contributed by atoms with Gasteiger partial charge < -0.3 is 10.1 Å². The van der Waals surface area contributed by atoms with Crippen molar-refractivity contribution >= 4 is 5.69 Å². The summed E-state index contributed by atoms with van der Waals surface area (Å²) < 4.78 is 5.20. The molecule has 2 nitrogen and oxygen atoms in total. The van der Waals surface area contributed by atoms with Gasteiger partial charge in [-0.25, -0.2) is 0 Å². The Labute approximate surface area is 99.0 Å². The van der Waals surface area contributed by atoms with E-state index in [9.17, 15) is 0 Å². The van der Waals surface area contributed by atoms with E-state index in [-0.39, 0.29) is 0 Å². The number of aryl methyl sites for hydroxylation is 1. The molecular weight excluding hydrogens is 198 g/mol. The fraction of sp³-hybridized carbons (Fsp3) is 0.571. The van der Waals surface area contributed by atoms with Gasteiger partial charge in [0.1, 0.15) is 5.75 Å². The average Bonchev–Trinajstić information content (AvgIpc) is 2.26. The number of ether oxygens (including phenoxy) is 1. The molecule has 1 unspecified atom stereocenters. The second-order valence-electron chi connectivity index (χ2n) is 4.58. The van der Waals surface area contributed by atoms with E-state index in [1.807, 2.05) is 6.07 Å². The zero-order valence-electron chi connectivity index (χ0n) is 11.0. The lowest BCUT2D eigenvalue weighted by Gasteiger charge is -2.23. The summed E-state index contributed by atoms with van der Waals surface area (Å²) in [6.45, 7) is 8.83. The van der Waals surface area contributed by atoms with Crippen LogP contribution in [0.4, 0.5) is 5.69 Å². The summed E-state index contributed by atoms with van der Waals surface area (Å²) in [4.78, 5) is 0. The lowest BCUT2D eigenvalue weighted by Crippen LogP contribution is -2.24. The van der Waals surface area contributed by atoms with Crippen molar-refractivity contribution in [2.45, 2.75) is 40.2 Å². The maximum absolute atomic E-state index is 5.20. The summed E-state index contributed by atoms with van der Waals surface area (Å²) >= 11 is 0. The minimum Gasteiger partial charge on any atom is -0.497 e. The highest BCUT2D eigenvalue weighted by Crippen LogP contribution is 2.23. The minimum atomic E-state index is 0.534. The molecule has 90 valence electrons. The van der Waals surface area contributed by atoms with Crippen LogP contribution in [-0.2, 0) is 0 Å². The molecule has 0 amide bonds. The van der Waals surface area contributed by atoms with E-state index in [1.165, 1.54) is 11.3 Å². The van der Waals surface area contributed by atoms with Crippen molar-refractivity contribution in [1.82, 2.24) is 0 Å². The van der Waals surface area contributed by atoms with E-state index in [4.69, 9.17) is 4.74 Å². The van der Waals surface area contributed by atoms with E-state index in [0.29, 0.717) is 12.0 Å². The van der Waals surface area contributed by atoms with Crippen molar-refractivity contribution in [3.8, 4) is 5.75 Å². The summed E-state index contributed by atoms with van der Waals surface area (Å²) in [5.74, 6) is 1.56. The van der Waals surface area contributed by atoms with Crippen LogP contribution in [0.25, 0.3) is 0 Å². The molecule has 0 aliphatic heterocycles. The van der Waals surface area contributed by atoms with Crippen molar-refractivity contribution in [3.05, 3.63) is 23.8 Å². The third-order valence-electron chi connectivity index (χ3n) is 3.02.